The van der Waals surface area contributed by atoms with Crippen LogP contribution >= 0.6 is 0 Å². The van der Waals surface area contributed by atoms with Crippen molar-refractivity contribution in [2.75, 3.05) is 33.8 Å². The standard InChI is InChI=1S/C25H24F3N7O5/c1-13-6-20(25(26,27)28)33-35(13)21-19(14-7-18(22(36)34-40-5)23(39-4)29-11-14)12-30-24(32-21)31-15-8-16(37-2)10-17(9-15)38-3/h6-12H,1-5H3,(H,34,36)(H,30,31,32). The quantitative estimate of drug-likeness (QED) is 0.289. The third kappa shape index (κ3) is 5.88. The van der Waals surface area contributed by atoms with E-state index in [2.05, 4.69) is 30.8 Å². The summed E-state index contributed by atoms with van der Waals surface area (Å²) in [7, 11) is 5.57. The number of hydroxylamine groups is 1. The van der Waals surface area contributed by atoms with E-state index in [1.54, 1.807) is 18.2 Å². The maximum Gasteiger partial charge on any atom is 0.435 e. The van der Waals surface area contributed by atoms with Gasteiger partial charge in [-0.3, -0.25) is 9.63 Å². The lowest BCUT2D eigenvalue weighted by Crippen LogP contribution is -2.22. The number of carbonyl (C=O) groups excluding carboxylic acids is 1. The van der Waals surface area contributed by atoms with Gasteiger partial charge in [0, 0.05) is 53.1 Å². The van der Waals surface area contributed by atoms with E-state index in [-0.39, 0.29) is 34.5 Å². The molecule has 1 amide bonds. The molecule has 2 N–H and O–H groups in total. The van der Waals surface area contributed by atoms with Crippen LogP contribution < -0.4 is 25.0 Å². The Morgan fingerprint density at radius 2 is 1.62 bits per heavy atom. The van der Waals surface area contributed by atoms with Gasteiger partial charge in [0.2, 0.25) is 11.8 Å². The van der Waals surface area contributed by atoms with Crippen molar-refractivity contribution in [3.63, 3.8) is 0 Å². The highest BCUT2D eigenvalue weighted by atomic mass is 19.4. The topological polar surface area (TPSA) is 135 Å². The largest absolute Gasteiger partial charge is 0.497 e. The van der Waals surface area contributed by atoms with Crippen LogP contribution in [0.5, 0.6) is 17.4 Å². The van der Waals surface area contributed by atoms with Gasteiger partial charge in [0.05, 0.1) is 28.4 Å². The average Bonchev–Trinajstić information content (AvgIpc) is 3.34. The van der Waals surface area contributed by atoms with E-state index in [0.717, 1.165) is 10.7 Å². The van der Waals surface area contributed by atoms with Crippen LogP contribution in [0.25, 0.3) is 16.9 Å². The number of amides is 1. The number of methoxy groups -OCH3 is 3. The number of halogens is 3. The number of rotatable bonds is 9. The number of aryl methyl sites for hydroxylation is 1. The Bertz CT molecular complexity index is 1520. The molecule has 0 atom stereocenters. The zero-order chi connectivity index (χ0) is 29.0. The number of anilines is 2. The second-order valence-electron chi connectivity index (χ2n) is 8.15. The fourth-order valence-corrected chi connectivity index (χ4v) is 3.71. The number of benzene rings is 1. The molecular weight excluding hydrogens is 535 g/mol. The van der Waals surface area contributed by atoms with Crippen LogP contribution in [0.15, 0.2) is 42.7 Å². The zero-order valence-corrected chi connectivity index (χ0v) is 22.0. The van der Waals surface area contributed by atoms with Crippen LogP contribution in [0.2, 0.25) is 0 Å². The monoisotopic (exact) mass is 559 g/mol. The van der Waals surface area contributed by atoms with Crippen LogP contribution in [0.3, 0.4) is 0 Å². The summed E-state index contributed by atoms with van der Waals surface area (Å²) in [4.78, 5) is 30.2. The Hall–Kier alpha value is -4.92. The maximum absolute atomic E-state index is 13.5. The average molecular weight is 560 g/mol. The molecule has 0 saturated heterocycles. The van der Waals surface area contributed by atoms with Gasteiger partial charge in [0.1, 0.15) is 17.1 Å². The number of hydrogen-bond donors (Lipinski definition) is 2. The third-order valence-corrected chi connectivity index (χ3v) is 5.55. The van der Waals surface area contributed by atoms with E-state index in [0.29, 0.717) is 22.7 Å². The van der Waals surface area contributed by atoms with Crippen molar-refractivity contribution >= 4 is 17.5 Å². The molecule has 0 radical (unpaired) electrons. The van der Waals surface area contributed by atoms with E-state index in [1.165, 1.54) is 53.8 Å². The highest BCUT2D eigenvalue weighted by Crippen LogP contribution is 2.33. The molecule has 0 fully saturated rings. The summed E-state index contributed by atoms with van der Waals surface area (Å²) in [5.74, 6) is 0.351. The van der Waals surface area contributed by atoms with Crippen LogP contribution in [-0.4, -0.2) is 59.1 Å². The number of carbonyl (C=O) groups is 1. The maximum atomic E-state index is 13.5. The van der Waals surface area contributed by atoms with E-state index >= 15 is 0 Å². The lowest BCUT2D eigenvalue weighted by molar-refractivity contribution is -0.141. The fourth-order valence-electron chi connectivity index (χ4n) is 3.71. The molecule has 210 valence electrons. The first-order valence-corrected chi connectivity index (χ1v) is 11.5. The van der Waals surface area contributed by atoms with Crippen LogP contribution in [0.1, 0.15) is 21.7 Å². The molecule has 0 unspecified atom stereocenters. The summed E-state index contributed by atoms with van der Waals surface area (Å²) in [6.07, 6.45) is -1.94. The van der Waals surface area contributed by atoms with Crippen molar-refractivity contribution in [1.82, 2.24) is 30.2 Å². The first-order chi connectivity index (χ1) is 19.1. The predicted octanol–water partition coefficient (Wildman–Crippen LogP) is 4.11. The molecule has 0 aliphatic heterocycles. The highest BCUT2D eigenvalue weighted by molar-refractivity contribution is 5.97. The van der Waals surface area contributed by atoms with Crippen LogP contribution in [0.4, 0.5) is 24.8 Å². The van der Waals surface area contributed by atoms with Gasteiger partial charge in [0.25, 0.3) is 5.91 Å². The summed E-state index contributed by atoms with van der Waals surface area (Å²) >= 11 is 0. The molecule has 15 heteroatoms. The lowest BCUT2D eigenvalue weighted by Gasteiger charge is -2.15. The minimum atomic E-state index is -4.69. The smallest absolute Gasteiger partial charge is 0.435 e. The summed E-state index contributed by atoms with van der Waals surface area (Å²) in [6, 6.07) is 7.31. The minimum Gasteiger partial charge on any atom is -0.497 e. The van der Waals surface area contributed by atoms with Crippen molar-refractivity contribution in [2.45, 2.75) is 13.1 Å². The van der Waals surface area contributed by atoms with Gasteiger partial charge < -0.3 is 19.5 Å². The molecule has 40 heavy (non-hydrogen) atoms. The Labute approximate surface area is 226 Å². The molecule has 0 spiro atoms. The van der Waals surface area contributed by atoms with E-state index in [4.69, 9.17) is 19.0 Å². The molecule has 0 saturated carbocycles. The second kappa shape index (κ2) is 11.4. The number of aromatic nitrogens is 5. The normalized spacial score (nSPS) is 11.2. The van der Waals surface area contributed by atoms with Crippen molar-refractivity contribution < 1.29 is 37.0 Å². The Kier molecular flexibility index (Phi) is 8.04. The first kappa shape index (κ1) is 28.1. The number of pyridine rings is 1. The summed E-state index contributed by atoms with van der Waals surface area (Å²) < 4.78 is 57.3. The summed E-state index contributed by atoms with van der Waals surface area (Å²) in [6.45, 7) is 1.46. The Morgan fingerprint density at radius 3 is 2.20 bits per heavy atom. The number of ether oxygens (including phenoxy) is 3. The van der Waals surface area contributed by atoms with Crippen LogP contribution in [-0.2, 0) is 11.0 Å². The number of hydrogen-bond acceptors (Lipinski definition) is 10. The van der Waals surface area contributed by atoms with Crippen LogP contribution in [0, 0.1) is 6.92 Å². The predicted molar refractivity (Wildman–Crippen MR) is 136 cm³/mol. The number of nitrogens with one attached hydrogen (secondary N) is 2. The zero-order valence-electron chi connectivity index (χ0n) is 22.0. The highest BCUT2D eigenvalue weighted by Gasteiger charge is 2.35. The summed E-state index contributed by atoms with van der Waals surface area (Å²) in [5.41, 5.74) is 2.27. The van der Waals surface area contributed by atoms with Gasteiger partial charge in [-0.05, 0) is 19.1 Å². The molecule has 0 bridgehead atoms. The molecular formula is C25H24F3N7O5. The lowest BCUT2D eigenvalue weighted by atomic mass is 10.1. The van der Waals surface area contributed by atoms with Gasteiger partial charge in [-0.15, -0.1) is 0 Å². The molecule has 3 aromatic heterocycles. The second-order valence-corrected chi connectivity index (χ2v) is 8.15. The van der Waals surface area contributed by atoms with Crippen molar-refractivity contribution in [1.29, 1.82) is 0 Å². The molecule has 4 rings (SSSR count). The van der Waals surface area contributed by atoms with Gasteiger partial charge >= 0.3 is 6.18 Å². The summed E-state index contributed by atoms with van der Waals surface area (Å²) in [5, 5.41) is 6.75. The van der Waals surface area contributed by atoms with E-state index in [9.17, 15) is 18.0 Å². The fraction of sp³-hybridized carbons (Fsp3) is 0.240. The Balaban J connectivity index is 1.88. The SMILES string of the molecule is CONC(=O)c1cc(-c2cnc(Nc3cc(OC)cc(OC)c3)nc2-n2nc(C(F)(F)F)cc2C)cnc1OC. The van der Waals surface area contributed by atoms with Gasteiger partial charge in [-0.2, -0.15) is 23.3 Å². The number of nitrogens with zero attached hydrogens (tertiary/aromatic N) is 5. The molecule has 0 aliphatic rings. The van der Waals surface area contributed by atoms with Crippen molar-refractivity contribution in [3.05, 3.63) is 59.7 Å². The number of alkyl halides is 3. The molecule has 4 aromatic rings. The molecule has 12 nitrogen and oxygen atoms in total. The van der Waals surface area contributed by atoms with E-state index in [1.807, 2.05) is 0 Å². The third-order valence-electron chi connectivity index (χ3n) is 5.55. The van der Waals surface area contributed by atoms with E-state index < -0.39 is 17.8 Å². The van der Waals surface area contributed by atoms with Crippen molar-refractivity contribution in [3.8, 4) is 34.3 Å². The Morgan fingerprint density at radius 1 is 0.925 bits per heavy atom. The van der Waals surface area contributed by atoms with Gasteiger partial charge in [-0.25, -0.2) is 20.1 Å². The molecule has 3 heterocycles. The minimum absolute atomic E-state index is 0.000606. The van der Waals surface area contributed by atoms with Crippen molar-refractivity contribution in [2.24, 2.45) is 0 Å². The first-order valence-electron chi connectivity index (χ1n) is 11.5. The van der Waals surface area contributed by atoms with Gasteiger partial charge in [0.15, 0.2) is 11.5 Å². The molecule has 0 aliphatic carbocycles. The molecule has 1 aromatic carbocycles. The van der Waals surface area contributed by atoms with Gasteiger partial charge in [-0.1, -0.05) is 0 Å².